The molecule has 0 saturated carbocycles. The number of rotatable bonds is 7. The molecule has 0 saturated heterocycles. The van der Waals surface area contributed by atoms with Crippen LogP contribution in [-0.4, -0.2) is 36.1 Å². The van der Waals surface area contributed by atoms with Crippen LogP contribution in [0.3, 0.4) is 0 Å². The third-order valence-electron chi connectivity index (χ3n) is 3.26. The van der Waals surface area contributed by atoms with Crippen molar-refractivity contribution in [2.24, 2.45) is 4.99 Å². The Kier molecular flexibility index (Phi) is 6.98. The Morgan fingerprint density at radius 1 is 1.26 bits per heavy atom. The Labute approximate surface area is 146 Å². The molecule has 0 radical (unpaired) electrons. The number of hydrogen-bond donors (Lipinski definition) is 2. The first-order valence-corrected chi connectivity index (χ1v) is 9.58. The van der Waals surface area contributed by atoms with Crippen LogP contribution >= 0.6 is 22.7 Å². The number of nitrogens with zero attached hydrogens (tertiary/aromatic N) is 3. The van der Waals surface area contributed by atoms with Gasteiger partial charge in [0.25, 0.3) is 0 Å². The molecule has 0 aliphatic carbocycles. The molecule has 0 aliphatic rings. The highest BCUT2D eigenvalue weighted by Gasteiger charge is 2.06. The molecule has 5 nitrogen and oxygen atoms in total. The lowest BCUT2D eigenvalue weighted by Crippen LogP contribution is -2.39. The maximum atomic E-state index is 4.65. The standard InChI is InChI=1S/C16H25N5S2/c1-11(2)15-21-13(10-22-15)5-7-18-16(17-4)19-8-6-14-20-9-12(3)23-14/h9-11H,5-8H2,1-4H3,(H2,17,18,19). The first-order chi connectivity index (χ1) is 11.1. The Morgan fingerprint density at radius 2 is 2.00 bits per heavy atom. The lowest BCUT2D eigenvalue weighted by molar-refractivity contribution is 0.769. The fourth-order valence-corrected chi connectivity index (χ4v) is 3.69. The minimum Gasteiger partial charge on any atom is -0.356 e. The fourth-order valence-electron chi connectivity index (χ4n) is 2.04. The maximum absolute atomic E-state index is 4.65. The van der Waals surface area contributed by atoms with Crippen molar-refractivity contribution in [3.05, 3.63) is 32.2 Å². The number of aryl methyl sites for hydroxylation is 1. The number of hydrogen-bond acceptors (Lipinski definition) is 5. The minimum atomic E-state index is 0.505. The summed E-state index contributed by atoms with van der Waals surface area (Å²) >= 11 is 3.49. The van der Waals surface area contributed by atoms with E-state index >= 15 is 0 Å². The van der Waals surface area contributed by atoms with Gasteiger partial charge >= 0.3 is 0 Å². The van der Waals surface area contributed by atoms with Gasteiger partial charge in [0.05, 0.1) is 15.7 Å². The van der Waals surface area contributed by atoms with E-state index in [9.17, 15) is 0 Å². The first kappa shape index (κ1) is 17.9. The van der Waals surface area contributed by atoms with Crippen LogP contribution < -0.4 is 10.6 Å². The molecule has 2 aromatic heterocycles. The quantitative estimate of drug-likeness (QED) is 0.595. The summed E-state index contributed by atoms with van der Waals surface area (Å²) in [6, 6.07) is 0. The zero-order chi connectivity index (χ0) is 16.7. The lowest BCUT2D eigenvalue weighted by Gasteiger charge is -2.10. The molecule has 0 fully saturated rings. The van der Waals surface area contributed by atoms with Crippen molar-refractivity contribution in [2.45, 2.75) is 39.5 Å². The highest BCUT2D eigenvalue weighted by Crippen LogP contribution is 2.19. The normalized spacial score (nSPS) is 12.0. The third-order valence-corrected chi connectivity index (χ3v) is 5.43. The summed E-state index contributed by atoms with van der Waals surface area (Å²) in [6.45, 7) is 8.10. The molecular formula is C16H25N5S2. The highest BCUT2D eigenvalue weighted by atomic mass is 32.1. The van der Waals surface area contributed by atoms with Crippen LogP contribution in [-0.2, 0) is 12.8 Å². The van der Waals surface area contributed by atoms with Crippen molar-refractivity contribution in [3.63, 3.8) is 0 Å². The first-order valence-electron chi connectivity index (χ1n) is 7.88. The van der Waals surface area contributed by atoms with Crippen molar-refractivity contribution < 1.29 is 0 Å². The molecule has 0 unspecified atom stereocenters. The molecule has 0 aromatic carbocycles. The van der Waals surface area contributed by atoms with Crippen molar-refractivity contribution in [1.29, 1.82) is 0 Å². The van der Waals surface area contributed by atoms with E-state index < -0.39 is 0 Å². The van der Waals surface area contributed by atoms with E-state index in [0.29, 0.717) is 5.92 Å². The molecule has 2 aromatic rings. The molecule has 7 heteroatoms. The van der Waals surface area contributed by atoms with Gasteiger partial charge in [0.2, 0.25) is 0 Å². The lowest BCUT2D eigenvalue weighted by atomic mass is 10.2. The van der Waals surface area contributed by atoms with Gasteiger partial charge in [-0.3, -0.25) is 4.99 Å². The highest BCUT2D eigenvalue weighted by molar-refractivity contribution is 7.11. The predicted octanol–water partition coefficient (Wildman–Crippen LogP) is 2.98. The second-order valence-corrected chi connectivity index (χ2v) is 7.83. The number of nitrogens with one attached hydrogen (secondary N) is 2. The van der Waals surface area contributed by atoms with Crippen LogP contribution in [0.4, 0.5) is 0 Å². The van der Waals surface area contributed by atoms with Crippen molar-refractivity contribution in [3.8, 4) is 0 Å². The summed E-state index contributed by atoms with van der Waals surface area (Å²) in [4.78, 5) is 14.5. The average molecular weight is 352 g/mol. The molecule has 2 rings (SSSR count). The number of thiazole rings is 2. The van der Waals surface area contributed by atoms with E-state index in [4.69, 9.17) is 0 Å². The third kappa shape index (κ3) is 5.91. The van der Waals surface area contributed by atoms with Crippen molar-refractivity contribution in [1.82, 2.24) is 20.6 Å². The van der Waals surface area contributed by atoms with Gasteiger partial charge in [0, 0.05) is 55.4 Å². The van der Waals surface area contributed by atoms with E-state index in [2.05, 4.69) is 51.7 Å². The average Bonchev–Trinajstić information content (AvgIpc) is 3.15. The van der Waals surface area contributed by atoms with Gasteiger partial charge in [-0.05, 0) is 6.92 Å². The van der Waals surface area contributed by atoms with Gasteiger partial charge in [0.1, 0.15) is 0 Å². The van der Waals surface area contributed by atoms with Gasteiger partial charge in [-0.15, -0.1) is 22.7 Å². The number of aromatic nitrogens is 2. The molecule has 0 aliphatic heterocycles. The van der Waals surface area contributed by atoms with E-state index in [1.54, 1.807) is 29.7 Å². The summed E-state index contributed by atoms with van der Waals surface area (Å²) in [5.74, 6) is 1.34. The Morgan fingerprint density at radius 3 is 2.57 bits per heavy atom. The van der Waals surface area contributed by atoms with Crippen LogP contribution in [0, 0.1) is 6.92 Å². The summed E-state index contributed by atoms with van der Waals surface area (Å²) in [6.07, 6.45) is 3.75. The molecule has 0 bridgehead atoms. The van der Waals surface area contributed by atoms with E-state index in [1.165, 1.54) is 9.88 Å². The molecule has 126 valence electrons. The zero-order valence-electron chi connectivity index (χ0n) is 14.2. The smallest absolute Gasteiger partial charge is 0.191 e. The maximum Gasteiger partial charge on any atom is 0.191 e. The molecule has 0 amide bonds. The Balaban J connectivity index is 1.68. The van der Waals surface area contributed by atoms with Gasteiger partial charge < -0.3 is 10.6 Å². The second-order valence-electron chi connectivity index (χ2n) is 5.62. The molecular weight excluding hydrogens is 326 g/mol. The summed E-state index contributed by atoms with van der Waals surface area (Å²) < 4.78 is 0. The van der Waals surface area contributed by atoms with E-state index in [0.717, 1.165) is 42.6 Å². The van der Waals surface area contributed by atoms with Crippen molar-refractivity contribution >= 4 is 28.6 Å². The largest absolute Gasteiger partial charge is 0.356 e. The Hall–Kier alpha value is -1.47. The number of aliphatic imine (C=N–C) groups is 1. The Bertz CT molecular complexity index is 630. The van der Waals surface area contributed by atoms with Gasteiger partial charge in [0.15, 0.2) is 5.96 Å². The van der Waals surface area contributed by atoms with Crippen LogP contribution in [0.1, 0.15) is 40.4 Å². The predicted molar refractivity (Wildman–Crippen MR) is 99.8 cm³/mol. The number of guanidine groups is 1. The van der Waals surface area contributed by atoms with Crippen LogP contribution in [0.15, 0.2) is 16.6 Å². The summed E-state index contributed by atoms with van der Waals surface area (Å²) in [5, 5.41) is 11.2. The zero-order valence-corrected chi connectivity index (χ0v) is 15.9. The monoisotopic (exact) mass is 351 g/mol. The molecule has 2 N–H and O–H groups in total. The fraction of sp³-hybridized carbons (Fsp3) is 0.562. The molecule has 0 atom stereocenters. The SMILES string of the molecule is CN=C(NCCc1csc(C(C)C)n1)NCCc1ncc(C)s1. The molecule has 2 heterocycles. The van der Waals surface area contributed by atoms with Gasteiger partial charge in [-0.2, -0.15) is 0 Å². The minimum absolute atomic E-state index is 0.505. The topological polar surface area (TPSA) is 62.2 Å². The van der Waals surface area contributed by atoms with Crippen LogP contribution in [0.25, 0.3) is 0 Å². The van der Waals surface area contributed by atoms with E-state index in [-0.39, 0.29) is 0 Å². The second kappa shape index (κ2) is 8.98. The van der Waals surface area contributed by atoms with Crippen molar-refractivity contribution in [2.75, 3.05) is 20.1 Å². The van der Waals surface area contributed by atoms with Crippen LogP contribution in [0.5, 0.6) is 0 Å². The molecule has 23 heavy (non-hydrogen) atoms. The van der Waals surface area contributed by atoms with Crippen LogP contribution in [0.2, 0.25) is 0 Å². The van der Waals surface area contributed by atoms with Gasteiger partial charge in [-0.1, -0.05) is 13.8 Å². The summed E-state index contributed by atoms with van der Waals surface area (Å²) in [5.41, 5.74) is 1.15. The molecule has 0 spiro atoms. The van der Waals surface area contributed by atoms with Gasteiger partial charge in [-0.25, -0.2) is 9.97 Å². The summed E-state index contributed by atoms with van der Waals surface area (Å²) in [7, 11) is 1.79. The van der Waals surface area contributed by atoms with E-state index in [1.807, 2.05) is 6.20 Å².